The minimum atomic E-state index is -5.39. The van der Waals surface area contributed by atoms with E-state index in [1.807, 2.05) is 25.2 Å². The highest BCUT2D eigenvalue weighted by molar-refractivity contribution is 7.47. The van der Waals surface area contributed by atoms with E-state index in [0.29, 0.717) is 25.7 Å². The summed E-state index contributed by atoms with van der Waals surface area (Å²) in [5.41, 5.74) is 0. The smallest absolute Gasteiger partial charge is 0.462 e. The molecule has 0 saturated heterocycles. The molecule has 396 valence electrons. The highest BCUT2D eigenvalue weighted by Crippen LogP contribution is 2.49. The maximum Gasteiger partial charge on any atom is 0.472 e. The lowest BCUT2D eigenvalue weighted by Gasteiger charge is -2.43. The summed E-state index contributed by atoms with van der Waals surface area (Å²) < 4.78 is 49.2. The minimum Gasteiger partial charge on any atom is -0.462 e. The molecule has 1 aliphatic rings. The summed E-state index contributed by atoms with van der Waals surface area (Å²) in [5, 5.41) is 61.3. The second-order valence-electron chi connectivity index (χ2n) is 16.8. The monoisotopic (exact) mass is 1020 g/mol. The first-order valence-corrected chi connectivity index (χ1v) is 27.4. The van der Waals surface area contributed by atoms with Gasteiger partial charge in [0.1, 0.15) is 43.2 Å². The molecule has 20 heteroatoms. The molecule has 10 atom stereocenters. The van der Waals surface area contributed by atoms with Crippen LogP contribution in [0.2, 0.25) is 0 Å². The van der Waals surface area contributed by atoms with Crippen LogP contribution < -0.4 is 0 Å². The van der Waals surface area contributed by atoms with E-state index in [2.05, 4.69) is 23.6 Å². The van der Waals surface area contributed by atoms with Gasteiger partial charge in [-0.2, -0.15) is 0 Å². The van der Waals surface area contributed by atoms with Gasteiger partial charge in [-0.3, -0.25) is 23.2 Å². The number of aliphatic hydroxyl groups is 6. The molecule has 9 N–H and O–H groups in total. The van der Waals surface area contributed by atoms with Crippen molar-refractivity contribution < 1.29 is 87.1 Å². The molecule has 0 bridgehead atoms. The van der Waals surface area contributed by atoms with Crippen LogP contribution >= 0.6 is 15.6 Å². The Kier molecular flexibility index (Phi) is 36.0. The number of unbranched alkanes of at least 4 members (excludes halogenated alkanes) is 11. The molecule has 1 rings (SSSR count). The molecule has 0 amide bonds. The van der Waals surface area contributed by atoms with Gasteiger partial charge in [0.25, 0.3) is 0 Å². The zero-order valence-electron chi connectivity index (χ0n) is 40.4. The summed E-state index contributed by atoms with van der Waals surface area (Å²) in [6, 6.07) is 0. The third kappa shape index (κ3) is 33.4. The SMILES string of the molecule is CC/C=C\C[C@H](O)/C=C/C=C\C=C\[C@H](O)C/C=C\C/C=C\CCC(=O)O[C@H](COC(=O)CCCCCCCCC/C=C\CCCCCC)COP(=O)(O)O[C@H]1C(O)C(O)C(O)[C@@H](OP(=O)(O)O)C1O. The van der Waals surface area contributed by atoms with Crippen molar-refractivity contribution in [3.63, 3.8) is 0 Å². The summed E-state index contributed by atoms with van der Waals surface area (Å²) in [7, 11) is -10.8. The van der Waals surface area contributed by atoms with Crippen molar-refractivity contribution in [2.24, 2.45) is 0 Å². The number of phosphoric ester groups is 2. The Labute approximate surface area is 409 Å². The molecule has 0 spiro atoms. The van der Waals surface area contributed by atoms with Gasteiger partial charge in [-0.25, -0.2) is 9.13 Å². The van der Waals surface area contributed by atoms with Crippen molar-refractivity contribution >= 4 is 27.6 Å². The van der Waals surface area contributed by atoms with Gasteiger partial charge < -0.3 is 54.8 Å². The maximum absolute atomic E-state index is 13.0. The lowest BCUT2D eigenvalue weighted by atomic mass is 9.85. The van der Waals surface area contributed by atoms with Gasteiger partial charge in [-0.1, -0.05) is 150 Å². The lowest BCUT2D eigenvalue weighted by molar-refractivity contribution is -0.216. The van der Waals surface area contributed by atoms with Crippen molar-refractivity contribution in [3.05, 3.63) is 85.1 Å². The van der Waals surface area contributed by atoms with E-state index in [9.17, 15) is 64.0 Å². The molecule has 18 nitrogen and oxygen atoms in total. The van der Waals surface area contributed by atoms with Crippen LogP contribution in [0.1, 0.15) is 142 Å². The van der Waals surface area contributed by atoms with Crippen LogP contribution in [0.5, 0.6) is 0 Å². The Morgan fingerprint density at radius 3 is 1.65 bits per heavy atom. The maximum atomic E-state index is 13.0. The van der Waals surface area contributed by atoms with E-state index < -0.39 is 95.7 Å². The molecule has 0 heterocycles. The van der Waals surface area contributed by atoms with E-state index in [1.54, 1.807) is 54.7 Å². The average Bonchev–Trinajstić information content (AvgIpc) is 3.30. The number of aliphatic hydroxyl groups excluding tert-OH is 6. The second kappa shape index (κ2) is 38.7. The standard InChI is InChI=1S/C49H82O18P2/c1-3-5-7-8-9-10-11-12-13-14-15-16-17-21-29-35-42(52)63-37-41(38-64-69(61,62)67-49-46(56)44(54)45(55)48(47(49)57)66-68(58,59)60)65-43(53)36-30-22-19-18-20-26-32-40(51)34-28-24-23-27-33-39(50)31-25-6-4-2/h6,10-11,19-20,22-28,33-34,39-41,44-51,54-57H,3-5,7-9,12-18,21,29-32,35-38H2,1-2H3,(H,61,62)(H2,58,59,60)/b11-10-,22-19-,24-23-,25-6-,26-20-,33-27+,34-28+/t39-,40+,41+,44?,45?,46?,47?,48+,49-/m0/s1. The lowest BCUT2D eigenvalue weighted by Crippen LogP contribution is -2.64. The highest BCUT2D eigenvalue weighted by atomic mass is 31.2. The average molecular weight is 1020 g/mol. The van der Waals surface area contributed by atoms with Crippen molar-refractivity contribution in [2.45, 2.75) is 197 Å². The third-order valence-corrected chi connectivity index (χ3v) is 12.1. The van der Waals surface area contributed by atoms with Crippen LogP contribution in [0.4, 0.5) is 0 Å². The molecule has 5 unspecified atom stereocenters. The third-order valence-electron chi connectivity index (χ3n) is 10.6. The Morgan fingerprint density at radius 1 is 0.551 bits per heavy atom. The number of carbonyl (C=O) groups is 2. The van der Waals surface area contributed by atoms with E-state index in [1.165, 1.54) is 25.7 Å². The summed E-state index contributed by atoms with van der Waals surface area (Å²) in [5.74, 6) is -1.38. The molecule has 1 fully saturated rings. The van der Waals surface area contributed by atoms with Gasteiger partial charge in [-0.15, -0.1) is 0 Å². The minimum absolute atomic E-state index is 0.0734. The predicted octanol–water partition coefficient (Wildman–Crippen LogP) is 7.34. The number of hydrogen-bond donors (Lipinski definition) is 9. The topological polar surface area (TPSA) is 296 Å². The van der Waals surface area contributed by atoms with Gasteiger partial charge in [0.2, 0.25) is 0 Å². The number of phosphoric acid groups is 2. The zero-order chi connectivity index (χ0) is 51.3. The van der Waals surface area contributed by atoms with Crippen molar-refractivity contribution in [3.8, 4) is 0 Å². The van der Waals surface area contributed by atoms with Crippen molar-refractivity contribution in [1.29, 1.82) is 0 Å². The van der Waals surface area contributed by atoms with E-state index >= 15 is 0 Å². The molecular formula is C49H82O18P2. The fourth-order valence-corrected chi connectivity index (χ4v) is 8.35. The van der Waals surface area contributed by atoms with Crippen LogP contribution in [-0.2, 0) is 41.8 Å². The number of allylic oxidation sites excluding steroid dienone is 10. The van der Waals surface area contributed by atoms with Crippen molar-refractivity contribution in [1.82, 2.24) is 0 Å². The molecule has 0 aromatic heterocycles. The molecule has 0 aromatic carbocycles. The van der Waals surface area contributed by atoms with Gasteiger partial charge in [0, 0.05) is 12.8 Å². The zero-order valence-corrected chi connectivity index (χ0v) is 42.2. The molecule has 0 radical (unpaired) electrons. The van der Waals surface area contributed by atoms with E-state index in [-0.39, 0.29) is 19.3 Å². The molecule has 69 heavy (non-hydrogen) atoms. The Balaban J connectivity index is 2.69. The quantitative estimate of drug-likeness (QED) is 0.00957. The first-order chi connectivity index (χ1) is 32.9. The predicted molar refractivity (Wildman–Crippen MR) is 262 cm³/mol. The molecule has 0 aromatic rings. The highest BCUT2D eigenvalue weighted by Gasteiger charge is 2.54. The number of hydrogen-bond acceptors (Lipinski definition) is 15. The van der Waals surface area contributed by atoms with Gasteiger partial charge in [-0.05, 0) is 64.2 Å². The largest absolute Gasteiger partial charge is 0.472 e. The number of carbonyl (C=O) groups excluding carboxylic acids is 2. The fourth-order valence-electron chi connectivity index (χ4n) is 6.81. The second-order valence-corrected chi connectivity index (χ2v) is 19.4. The fraction of sp³-hybridized carbons (Fsp3) is 0.673. The van der Waals surface area contributed by atoms with Crippen LogP contribution in [0, 0.1) is 0 Å². The molecule has 1 aliphatic carbocycles. The Bertz CT molecular complexity index is 1690. The van der Waals surface area contributed by atoms with Crippen LogP contribution in [0.3, 0.4) is 0 Å². The Morgan fingerprint density at radius 2 is 1.07 bits per heavy atom. The van der Waals surface area contributed by atoms with E-state index in [4.69, 9.17) is 18.5 Å². The van der Waals surface area contributed by atoms with Gasteiger partial charge >= 0.3 is 27.6 Å². The first kappa shape index (κ1) is 64.1. The summed E-state index contributed by atoms with van der Waals surface area (Å²) >= 11 is 0. The summed E-state index contributed by atoms with van der Waals surface area (Å²) in [6.07, 6.45) is 26.0. The Hall–Kier alpha value is -2.90. The molecular weight excluding hydrogens is 938 g/mol. The van der Waals surface area contributed by atoms with E-state index in [0.717, 1.165) is 57.8 Å². The molecule has 1 saturated carbocycles. The van der Waals surface area contributed by atoms with Crippen molar-refractivity contribution in [2.75, 3.05) is 13.2 Å². The normalized spacial score (nSPS) is 22.8. The summed E-state index contributed by atoms with van der Waals surface area (Å²) in [4.78, 5) is 54.3. The summed E-state index contributed by atoms with van der Waals surface area (Å²) in [6.45, 7) is 2.75. The number of ether oxygens (including phenoxy) is 2. The number of rotatable bonds is 39. The number of esters is 2. The molecule has 0 aliphatic heterocycles. The van der Waals surface area contributed by atoms with Crippen LogP contribution in [-0.4, -0.2) is 125 Å². The van der Waals surface area contributed by atoms with Crippen LogP contribution in [0.25, 0.3) is 0 Å². The first-order valence-electron chi connectivity index (χ1n) is 24.3. The van der Waals surface area contributed by atoms with Gasteiger partial charge in [0.15, 0.2) is 6.10 Å². The van der Waals surface area contributed by atoms with Crippen LogP contribution in [0.15, 0.2) is 85.1 Å². The van der Waals surface area contributed by atoms with Gasteiger partial charge in [0.05, 0.1) is 18.8 Å².